The maximum Gasteiger partial charge on any atom is 0.327 e. The highest BCUT2D eigenvalue weighted by Crippen LogP contribution is 2.32. The first-order valence-electron chi connectivity index (χ1n) is 6.95. The molecule has 6 heteroatoms. The van der Waals surface area contributed by atoms with E-state index in [1.807, 2.05) is 6.92 Å². The van der Waals surface area contributed by atoms with Crippen LogP contribution in [0.1, 0.15) is 41.0 Å². The van der Waals surface area contributed by atoms with Crippen LogP contribution in [0.2, 0.25) is 0 Å². The van der Waals surface area contributed by atoms with Crippen molar-refractivity contribution in [2.45, 2.75) is 46.6 Å². The minimum absolute atomic E-state index is 0.000764. The number of esters is 1. The van der Waals surface area contributed by atoms with Crippen molar-refractivity contribution < 1.29 is 19.1 Å². The predicted molar refractivity (Wildman–Crippen MR) is 73.8 cm³/mol. The van der Waals surface area contributed by atoms with Gasteiger partial charge in [-0.05, 0) is 20.4 Å². The van der Waals surface area contributed by atoms with E-state index in [1.165, 1.54) is 4.90 Å². The third kappa shape index (κ3) is 3.17. The number of rotatable bonds is 6. The van der Waals surface area contributed by atoms with E-state index in [-0.39, 0.29) is 31.4 Å². The minimum atomic E-state index is -1.07. The highest BCUT2D eigenvalue weighted by atomic mass is 16.5. The molecule has 1 fully saturated rings. The maximum absolute atomic E-state index is 12.2. The summed E-state index contributed by atoms with van der Waals surface area (Å²) >= 11 is 0. The predicted octanol–water partition coefficient (Wildman–Crippen LogP) is 0.703. The Balaban J connectivity index is 2.94. The molecule has 0 aromatic heterocycles. The summed E-state index contributed by atoms with van der Waals surface area (Å²) in [6.45, 7) is 9.50. The smallest absolute Gasteiger partial charge is 0.327 e. The summed E-state index contributed by atoms with van der Waals surface area (Å²) in [7, 11) is 0. The fourth-order valence-corrected chi connectivity index (χ4v) is 2.38. The van der Waals surface area contributed by atoms with Crippen molar-refractivity contribution in [3.63, 3.8) is 0 Å². The van der Waals surface area contributed by atoms with Gasteiger partial charge in [-0.1, -0.05) is 20.8 Å². The zero-order chi connectivity index (χ0) is 15.6. The largest absolute Gasteiger partial charge is 0.465 e. The summed E-state index contributed by atoms with van der Waals surface area (Å²) < 4.78 is 5.04. The maximum atomic E-state index is 12.2. The Hall–Kier alpha value is -1.43. The average Bonchev–Trinajstić information content (AvgIpc) is 2.52. The van der Waals surface area contributed by atoms with Gasteiger partial charge >= 0.3 is 5.97 Å². The molecule has 0 bridgehead atoms. The molecule has 0 spiro atoms. The zero-order valence-electron chi connectivity index (χ0n) is 12.9. The summed E-state index contributed by atoms with van der Waals surface area (Å²) in [6, 6.07) is 0. The average molecular weight is 284 g/mol. The first-order valence-corrected chi connectivity index (χ1v) is 6.95. The second-order valence-electron chi connectivity index (χ2n) is 5.93. The number of ether oxygens (including phenoxy) is 1. The quantitative estimate of drug-likeness (QED) is 0.574. The second-order valence-corrected chi connectivity index (χ2v) is 5.93. The third-order valence-corrected chi connectivity index (χ3v) is 3.49. The Morgan fingerprint density at radius 1 is 1.40 bits per heavy atom. The van der Waals surface area contributed by atoms with Gasteiger partial charge in [-0.15, -0.1) is 0 Å². The van der Waals surface area contributed by atoms with Gasteiger partial charge in [0.15, 0.2) is 0 Å². The molecule has 1 rings (SSSR count). The highest BCUT2D eigenvalue weighted by molar-refractivity contribution is 6.06. The van der Waals surface area contributed by atoms with E-state index >= 15 is 0 Å². The summed E-state index contributed by atoms with van der Waals surface area (Å²) in [4.78, 5) is 37.5. The van der Waals surface area contributed by atoms with Crippen LogP contribution in [0, 0.1) is 5.41 Å². The van der Waals surface area contributed by atoms with Crippen LogP contribution in [-0.2, 0) is 19.1 Å². The van der Waals surface area contributed by atoms with Crippen molar-refractivity contribution in [1.82, 2.24) is 10.2 Å². The first kappa shape index (κ1) is 16.6. The number of likely N-dealkylation sites (N-methyl/N-ethyl adjacent to an activating group) is 1. The van der Waals surface area contributed by atoms with Crippen LogP contribution in [0.4, 0.5) is 0 Å². The summed E-state index contributed by atoms with van der Waals surface area (Å²) in [5.74, 6) is -0.934. The molecule has 1 saturated heterocycles. The molecule has 1 aliphatic rings. The molecular formula is C14H24N2O4. The number of hydrogen-bond acceptors (Lipinski definition) is 5. The number of amides is 2. The van der Waals surface area contributed by atoms with Crippen LogP contribution in [0.15, 0.2) is 0 Å². The van der Waals surface area contributed by atoms with Crippen LogP contribution in [0.3, 0.4) is 0 Å². The molecular weight excluding hydrogens is 260 g/mol. The number of likely N-dealkylation sites (tertiary alicyclic amines) is 1. The van der Waals surface area contributed by atoms with Gasteiger partial charge in [0.1, 0.15) is 5.54 Å². The van der Waals surface area contributed by atoms with Crippen molar-refractivity contribution in [1.29, 1.82) is 0 Å². The molecule has 2 amide bonds. The standard InChI is InChI=1S/C14H24N2O4/c1-6-15-14(5,12(19)20-7-2)9-16-10(17)8-13(3,4)11(16)18/h15H,6-9H2,1-5H3. The van der Waals surface area contributed by atoms with Gasteiger partial charge in [-0.25, -0.2) is 4.79 Å². The molecule has 114 valence electrons. The Morgan fingerprint density at radius 3 is 2.40 bits per heavy atom. The lowest BCUT2D eigenvalue weighted by atomic mass is 9.92. The second kappa shape index (κ2) is 5.91. The van der Waals surface area contributed by atoms with Crippen molar-refractivity contribution >= 4 is 17.8 Å². The van der Waals surface area contributed by atoms with Crippen LogP contribution < -0.4 is 5.32 Å². The number of hydrogen-bond donors (Lipinski definition) is 1. The van der Waals surface area contributed by atoms with Crippen LogP contribution in [0.25, 0.3) is 0 Å². The molecule has 0 aliphatic carbocycles. The molecule has 0 aromatic rings. The van der Waals surface area contributed by atoms with Crippen LogP contribution >= 0.6 is 0 Å². The number of carbonyl (C=O) groups is 3. The van der Waals surface area contributed by atoms with Gasteiger partial charge in [-0.2, -0.15) is 0 Å². The lowest BCUT2D eigenvalue weighted by Gasteiger charge is -2.32. The first-order chi connectivity index (χ1) is 9.18. The number of carbonyl (C=O) groups excluding carboxylic acids is 3. The van der Waals surface area contributed by atoms with Crippen LogP contribution in [-0.4, -0.2) is 47.9 Å². The molecule has 0 aromatic carbocycles. The van der Waals surface area contributed by atoms with E-state index in [2.05, 4.69) is 5.32 Å². The van der Waals surface area contributed by atoms with E-state index in [9.17, 15) is 14.4 Å². The summed E-state index contributed by atoms with van der Waals surface area (Å²) in [6.07, 6.45) is 0.177. The zero-order valence-corrected chi connectivity index (χ0v) is 12.9. The third-order valence-electron chi connectivity index (χ3n) is 3.49. The van der Waals surface area contributed by atoms with Crippen molar-refractivity contribution in [3.05, 3.63) is 0 Å². The van der Waals surface area contributed by atoms with E-state index in [0.717, 1.165) is 0 Å². The Bertz CT molecular complexity index is 419. The van der Waals surface area contributed by atoms with Crippen molar-refractivity contribution in [3.8, 4) is 0 Å². The topological polar surface area (TPSA) is 75.7 Å². The van der Waals surface area contributed by atoms with E-state index in [0.29, 0.717) is 6.54 Å². The molecule has 0 radical (unpaired) electrons. The number of nitrogens with zero attached hydrogens (tertiary/aromatic N) is 1. The number of nitrogens with one attached hydrogen (secondary N) is 1. The van der Waals surface area contributed by atoms with Gasteiger partial charge in [0.25, 0.3) is 0 Å². The van der Waals surface area contributed by atoms with E-state index in [1.54, 1.807) is 27.7 Å². The van der Waals surface area contributed by atoms with Crippen molar-refractivity contribution in [2.75, 3.05) is 19.7 Å². The molecule has 1 atom stereocenters. The van der Waals surface area contributed by atoms with E-state index < -0.39 is 16.9 Å². The van der Waals surface area contributed by atoms with Crippen LogP contribution in [0.5, 0.6) is 0 Å². The lowest BCUT2D eigenvalue weighted by Crippen LogP contribution is -2.58. The minimum Gasteiger partial charge on any atom is -0.465 e. The monoisotopic (exact) mass is 284 g/mol. The fourth-order valence-electron chi connectivity index (χ4n) is 2.38. The molecule has 1 unspecified atom stereocenters. The van der Waals surface area contributed by atoms with Gasteiger partial charge in [0.05, 0.1) is 18.6 Å². The fraction of sp³-hybridized carbons (Fsp3) is 0.786. The summed E-state index contributed by atoms with van der Waals surface area (Å²) in [5, 5.41) is 3.02. The van der Waals surface area contributed by atoms with E-state index in [4.69, 9.17) is 4.74 Å². The number of imide groups is 1. The SMILES string of the molecule is CCNC(C)(CN1C(=O)CC(C)(C)C1=O)C(=O)OCC. The van der Waals surface area contributed by atoms with Gasteiger partial charge in [-0.3, -0.25) is 14.5 Å². The molecule has 0 saturated carbocycles. The lowest BCUT2D eigenvalue weighted by molar-refractivity contribution is -0.153. The van der Waals surface area contributed by atoms with Gasteiger partial charge < -0.3 is 10.1 Å². The normalized spacial score (nSPS) is 20.9. The molecule has 1 aliphatic heterocycles. The van der Waals surface area contributed by atoms with Gasteiger partial charge in [0, 0.05) is 6.42 Å². The Kier molecular flexibility index (Phi) is 4.91. The molecule has 6 nitrogen and oxygen atoms in total. The molecule has 1 N–H and O–H groups in total. The summed E-state index contributed by atoms with van der Waals surface area (Å²) in [5.41, 5.74) is -1.77. The molecule has 20 heavy (non-hydrogen) atoms. The molecule has 1 heterocycles. The Labute approximate surface area is 119 Å². The highest BCUT2D eigenvalue weighted by Gasteiger charge is 2.48. The Morgan fingerprint density at radius 2 is 2.00 bits per heavy atom. The van der Waals surface area contributed by atoms with Gasteiger partial charge in [0.2, 0.25) is 11.8 Å². The van der Waals surface area contributed by atoms with Crippen molar-refractivity contribution in [2.24, 2.45) is 5.41 Å².